The molecule has 0 heterocycles. The third-order valence-corrected chi connectivity index (χ3v) is 2.02. The van der Waals surface area contributed by atoms with E-state index in [2.05, 4.69) is 4.99 Å². The summed E-state index contributed by atoms with van der Waals surface area (Å²) >= 11 is 5.60. The monoisotopic (exact) mass is 215 g/mol. The second kappa shape index (κ2) is 4.00. The molecule has 14 heavy (non-hydrogen) atoms. The number of rotatable bonds is 2. The molecule has 3 N–H and O–H groups in total. The zero-order valence-corrected chi connectivity index (χ0v) is 7.62. The van der Waals surface area contributed by atoms with E-state index in [9.17, 15) is 9.90 Å². The predicted molar refractivity (Wildman–Crippen MR) is 48.3 cm³/mol. The molecule has 0 radical (unpaired) electrons. The number of benzene rings is 1. The van der Waals surface area contributed by atoms with Crippen molar-refractivity contribution < 1.29 is 20.1 Å². The summed E-state index contributed by atoms with van der Waals surface area (Å²) < 4.78 is 0. The van der Waals surface area contributed by atoms with Crippen molar-refractivity contribution in [2.75, 3.05) is 0 Å². The number of aromatic hydroxyl groups is 3. The number of isocyanates is 1. The maximum atomic E-state index is 9.83. The molecule has 0 saturated carbocycles. The smallest absolute Gasteiger partial charge is 0.235 e. The van der Waals surface area contributed by atoms with Crippen LogP contribution in [-0.4, -0.2) is 21.4 Å². The normalized spacial score (nSPS) is 9.50. The van der Waals surface area contributed by atoms with Crippen LogP contribution in [0.1, 0.15) is 5.56 Å². The van der Waals surface area contributed by atoms with Gasteiger partial charge in [-0.25, -0.2) is 9.79 Å². The van der Waals surface area contributed by atoms with Gasteiger partial charge in [-0.1, -0.05) is 11.6 Å². The molecule has 0 aromatic heterocycles. The lowest BCUT2D eigenvalue weighted by Gasteiger charge is -2.07. The Morgan fingerprint density at radius 1 is 1.36 bits per heavy atom. The van der Waals surface area contributed by atoms with Crippen LogP contribution in [0.2, 0.25) is 5.02 Å². The molecule has 6 heteroatoms. The van der Waals surface area contributed by atoms with Gasteiger partial charge in [-0.3, -0.25) is 0 Å². The van der Waals surface area contributed by atoms with E-state index >= 15 is 0 Å². The van der Waals surface area contributed by atoms with Crippen molar-refractivity contribution in [2.45, 2.75) is 6.54 Å². The lowest BCUT2D eigenvalue weighted by molar-refractivity contribution is 0.392. The third-order valence-electron chi connectivity index (χ3n) is 1.59. The van der Waals surface area contributed by atoms with Crippen LogP contribution in [0.15, 0.2) is 11.1 Å². The van der Waals surface area contributed by atoms with Gasteiger partial charge in [0.25, 0.3) is 0 Å². The summed E-state index contributed by atoms with van der Waals surface area (Å²) in [7, 11) is 0. The summed E-state index contributed by atoms with van der Waals surface area (Å²) in [5.41, 5.74) is -0.0208. The van der Waals surface area contributed by atoms with Crippen LogP contribution in [0.25, 0.3) is 0 Å². The summed E-state index contributed by atoms with van der Waals surface area (Å²) in [5, 5.41) is 27.4. The first-order chi connectivity index (χ1) is 6.57. The number of phenolic OH excluding ortho intramolecular Hbond substituents is 3. The van der Waals surface area contributed by atoms with Crippen LogP contribution in [0.5, 0.6) is 17.2 Å². The van der Waals surface area contributed by atoms with Gasteiger partial charge in [-0.15, -0.1) is 0 Å². The van der Waals surface area contributed by atoms with Gasteiger partial charge in [-0.2, -0.15) is 0 Å². The van der Waals surface area contributed by atoms with Gasteiger partial charge in [0.2, 0.25) is 6.08 Å². The molecule has 74 valence electrons. The Bertz CT molecular complexity index is 386. The molecular weight excluding hydrogens is 210 g/mol. The molecule has 1 aromatic carbocycles. The highest BCUT2D eigenvalue weighted by Gasteiger charge is 2.15. The molecular formula is C8H6ClNO4. The number of halogens is 1. The number of nitrogens with zero attached hydrogens (tertiary/aromatic N) is 1. The highest BCUT2D eigenvalue weighted by atomic mass is 35.5. The highest BCUT2D eigenvalue weighted by molar-refractivity contribution is 6.33. The second-order valence-electron chi connectivity index (χ2n) is 2.46. The summed E-state index contributed by atoms with van der Waals surface area (Å²) in [4.78, 5) is 13.0. The Hall–Kier alpha value is -1.71. The van der Waals surface area contributed by atoms with E-state index < -0.39 is 17.2 Å². The van der Waals surface area contributed by atoms with E-state index in [0.29, 0.717) is 0 Å². The molecule has 0 bridgehead atoms. The first kappa shape index (κ1) is 10.4. The minimum absolute atomic E-state index is 0.0208. The van der Waals surface area contributed by atoms with Crippen LogP contribution in [0, 0.1) is 0 Å². The van der Waals surface area contributed by atoms with Crippen LogP contribution in [0.3, 0.4) is 0 Å². The van der Waals surface area contributed by atoms with Crippen molar-refractivity contribution in [2.24, 2.45) is 4.99 Å². The number of phenols is 3. The summed E-state index contributed by atoms with van der Waals surface area (Å²) in [6.07, 6.45) is 1.25. The van der Waals surface area contributed by atoms with Gasteiger partial charge < -0.3 is 15.3 Å². The highest BCUT2D eigenvalue weighted by Crippen LogP contribution is 2.40. The van der Waals surface area contributed by atoms with Crippen molar-refractivity contribution in [1.29, 1.82) is 0 Å². The van der Waals surface area contributed by atoms with Gasteiger partial charge in [0.05, 0.1) is 11.6 Å². The van der Waals surface area contributed by atoms with E-state index in [1.807, 2.05) is 0 Å². The van der Waals surface area contributed by atoms with Gasteiger partial charge in [0.1, 0.15) is 5.75 Å². The van der Waals surface area contributed by atoms with E-state index in [1.165, 1.54) is 6.08 Å². The van der Waals surface area contributed by atoms with Crippen molar-refractivity contribution in [3.63, 3.8) is 0 Å². The Balaban J connectivity index is 3.31. The average molecular weight is 216 g/mol. The first-order valence-corrected chi connectivity index (χ1v) is 3.91. The molecule has 0 atom stereocenters. The molecule has 0 aliphatic rings. The molecule has 1 aromatic rings. The second-order valence-corrected chi connectivity index (χ2v) is 2.84. The average Bonchev–Trinajstić information content (AvgIpc) is 2.15. The Kier molecular flexibility index (Phi) is 2.96. The fourth-order valence-electron chi connectivity index (χ4n) is 0.930. The number of hydrogen-bond donors (Lipinski definition) is 3. The van der Waals surface area contributed by atoms with Crippen molar-refractivity contribution in [3.05, 3.63) is 16.7 Å². The van der Waals surface area contributed by atoms with Gasteiger partial charge in [-0.05, 0) is 0 Å². The molecule has 0 aliphatic heterocycles. The predicted octanol–water partition coefficient (Wildman–Crippen LogP) is 1.29. The van der Waals surface area contributed by atoms with Gasteiger partial charge in [0, 0.05) is 11.6 Å². The summed E-state index contributed by atoms with van der Waals surface area (Å²) in [5.74, 6) is -1.42. The maximum absolute atomic E-state index is 9.83. The van der Waals surface area contributed by atoms with Gasteiger partial charge in [0.15, 0.2) is 11.5 Å². The molecule has 0 amide bonds. The number of carbonyl (C=O) groups excluding carboxylic acids is 1. The first-order valence-electron chi connectivity index (χ1n) is 3.53. The summed E-state index contributed by atoms with van der Waals surface area (Å²) in [6, 6.07) is 0.895. The number of hydrogen-bond acceptors (Lipinski definition) is 5. The van der Waals surface area contributed by atoms with Crippen LogP contribution >= 0.6 is 11.6 Å². The Labute approximate surface area is 83.9 Å². The summed E-state index contributed by atoms with van der Waals surface area (Å²) in [6.45, 7) is -0.254. The fourth-order valence-corrected chi connectivity index (χ4v) is 1.13. The lowest BCUT2D eigenvalue weighted by atomic mass is 10.1. The zero-order chi connectivity index (χ0) is 10.7. The van der Waals surface area contributed by atoms with Crippen molar-refractivity contribution >= 4 is 17.7 Å². The minimum Gasteiger partial charge on any atom is -0.506 e. The van der Waals surface area contributed by atoms with Crippen molar-refractivity contribution in [1.82, 2.24) is 0 Å². The van der Waals surface area contributed by atoms with Crippen LogP contribution in [-0.2, 0) is 11.3 Å². The Morgan fingerprint density at radius 3 is 2.57 bits per heavy atom. The van der Waals surface area contributed by atoms with E-state index in [1.54, 1.807) is 0 Å². The van der Waals surface area contributed by atoms with Crippen LogP contribution < -0.4 is 0 Å². The standard InChI is InChI=1S/C8H6ClNO4/c9-7-4(2-10-3-11)8(14)6(13)1-5(7)12/h1,12-14H,2H2. The lowest BCUT2D eigenvalue weighted by Crippen LogP contribution is -1.86. The molecule has 0 saturated heterocycles. The van der Waals surface area contributed by atoms with Crippen molar-refractivity contribution in [3.8, 4) is 17.2 Å². The molecule has 0 aliphatic carbocycles. The third kappa shape index (κ3) is 1.79. The van der Waals surface area contributed by atoms with E-state index in [4.69, 9.17) is 21.8 Å². The fraction of sp³-hybridized carbons (Fsp3) is 0.125. The molecule has 5 nitrogen and oxygen atoms in total. The van der Waals surface area contributed by atoms with E-state index in [0.717, 1.165) is 6.07 Å². The van der Waals surface area contributed by atoms with Crippen LogP contribution in [0.4, 0.5) is 0 Å². The Morgan fingerprint density at radius 2 is 2.00 bits per heavy atom. The maximum Gasteiger partial charge on any atom is 0.235 e. The molecule has 0 unspecified atom stereocenters. The minimum atomic E-state index is -0.525. The van der Waals surface area contributed by atoms with E-state index in [-0.39, 0.29) is 17.1 Å². The SMILES string of the molecule is O=C=NCc1c(O)c(O)cc(O)c1Cl. The molecule has 0 fully saturated rings. The number of aliphatic imine (C=N–C) groups is 1. The quantitative estimate of drug-likeness (QED) is 0.300. The zero-order valence-electron chi connectivity index (χ0n) is 6.86. The largest absolute Gasteiger partial charge is 0.506 e. The topological polar surface area (TPSA) is 90.1 Å². The van der Waals surface area contributed by atoms with Gasteiger partial charge >= 0.3 is 0 Å². The molecule has 0 spiro atoms. The molecule has 1 rings (SSSR count).